The van der Waals surface area contributed by atoms with Crippen LogP contribution in [-0.4, -0.2) is 20.4 Å². The van der Waals surface area contributed by atoms with E-state index in [9.17, 15) is 0 Å². The highest BCUT2D eigenvalue weighted by atomic mass is 32.2. The Morgan fingerprint density at radius 1 is 1.25 bits per heavy atom. The standard InChI is InChI=1S/C12H13N3S/c1-2-4-10-7-11(6-5-9(10)3-1)16-12-13-8-14-15-12/h1-4,8,11H,5-7H2,(H,13,14,15)/t11-/m1/s1. The molecule has 0 saturated heterocycles. The van der Waals surface area contributed by atoms with Gasteiger partial charge in [-0.15, -0.1) is 0 Å². The number of nitrogens with zero attached hydrogens (tertiary/aromatic N) is 2. The number of fused-ring (bicyclic) bond motifs is 1. The Labute approximate surface area is 98.7 Å². The van der Waals surface area contributed by atoms with Crippen LogP contribution in [-0.2, 0) is 12.8 Å². The monoisotopic (exact) mass is 231 g/mol. The molecule has 16 heavy (non-hydrogen) atoms. The summed E-state index contributed by atoms with van der Waals surface area (Å²) < 4.78 is 0. The van der Waals surface area contributed by atoms with E-state index in [1.54, 1.807) is 18.1 Å². The third kappa shape index (κ3) is 1.97. The number of H-pyrrole nitrogens is 1. The second-order valence-corrected chi connectivity index (χ2v) is 5.33. The first-order valence-electron chi connectivity index (χ1n) is 5.50. The summed E-state index contributed by atoms with van der Waals surface area (Å²) in [5.41, 5.74) is 3.00. The minimum absolute atomic E-state index is 0.628. The van der Waals surface area contributed by atoms with Crippen molar-refractivity contribution in [1.29, 1.82) is 0 Å². The molecule has 0 unspecified atom stereocenters. The maximum Gasteiger partial charge on any atom is 0.183 e. The van der Waals surface area contributed by atoms with Crippen LogP contribution in [0, 0.1) is 0 Å². The molecule has 2 aromatic rings. The second kappa shape index (κ2) is 4.29. The van der Waals surface area contributed by atoms with E-state index in [-0.39, 0.29) is 0 Å². The molecule has 1 aliphatic carbocycles. The van der Waals surface area contributed by atoms with Crippen molar-refractivity contribution in [2.24, 2.45) is 0 Å². The molecule has 1 atom stereocenters. The predicted molar refractivity (Wildman–Crippen MR) is 64.5 cm³/mol. The molecule has 0 fully saturated rings. The van der Waals surface area contributed by atoms with Crippen molar-refractivity contribution in [3.8, 4) is 0 Å². The molecule has 82 valence electrons. The third-order valence-electron chi connectivity index (χ3n) is 2.97. The Morgan fingerprint density at radius 2 is 2.12 bits per heavy atom. The van der Waals surface area contributed by atoms with Crippen molar-refractivity contribution >= 4 is 11.8 Å². The minimum atomic E-state index is 0.628. The largest absolute Gasteiger partial charge is 0.254 e. The highest BCUT2D eigenvalue weighted by Gasteiger charge is 2.19. The van der Waals surface area contributed by atoms with Crippen molar-refractivity contribution in [3.05, 3.63) is 41.7 Å². The lowest BCUT2D eigenvalue weighted by atomic mass is 9.92. The van der Waals surface area contributed by atoms with Gasteiger partial charge in [-0.3, -0.25) is 5.10 Å². The fraction of sp³-hybridized carbons (Fsp3) is 0.333. The first-order chi connectivity index (χ1) is 7.92. The molecular weight excluding hydrogens is 218 g/mol. The molecule has 1 N–H and O–H groups in total. The van der Waals surface area contributed by atoms with Gasteiger partial charge in [-0.05, 0) is 30.4 Å². The van der Waals surface area contributed by atoms with Gasteiger partial charge >= 0.3 is 0 Å². The lowest BCUT2D eigenvalue weighted by molar-refractivity contribution is 0.699. The van der Waals surface area contributed by atoms with Crippen LogP contribution >= 0.6 is 11.8 Å². The van der Waals surface area contributed by atoms with Crippen LogP contribution in [0.2, 0.25) is 0 Å². The summed E-state index contributed by atoms with van der Waals surface area (Å²) in [6.45, 7) is 0. The smallest absolute Gasteiger partial charge is 0.183 e. The van der Waals surface area contributed by atoms with E-state index in [0.29, 0.717) is 5.25 Å². The molecule has 3 rings (SSSR count). The number of aromatic nitrogens is 3. The average molecular weight is 231 g/mol. The summed E-state index contributed by atoms with van der Waals surface area (Å²) in [5.74, 6) is 0. The molecule has 3 nitrogen and oxygen atoms in total. The molecule has 0 spiro atoms. The van der Waals surface area contributed by atoms with E-state index in [1.807, 2.05) is 0 Å². The fourth-order valence-electron chi connectivity index (χ4n) is 2.17. The van der Waals surface area contributed by atoms with Gasteiger partial charge < -0.3 is 0 Å². The molecule has 0 amide bonds. The maximum absolute atomic E-state index is 4.16. The van der Waals surface area contributed by atoms with Crippen molar-refractivity contribution in [2.75, 3.05) is 0 Å². The average Bonchev–Trinajstić information content (AvgIpc) is 2.82. The first-order valence-corrected chi connectivity index (χ1v) is 6.38. The van der Waals surface area contributed by atoms with Gasteiger partial charge in [0.15, 0.2) is 5.16 Å². The zero-order chi connectivity index (χ0) is 10.8. The van der Waals surface area contributed by atoms with E-state index in [0.717, 1.165) is 11.6 Å². The zero-order valence-electron chi connectivity index (χ0n) is 8.89. The van der Waals surface area contributed by atoms with Crippen LogP contribution in [0.1, 0.15) is 17.5 Å². The molecule has 1 aromatic carbocycles. The lowest BCUT2D eigenvalue weighted by Crippen LogP contribution is -2.16. The number of thioether (sulfide) groups is 1. The summed E-state index contributed by atoms with van der Waals surface area (Å²) in [5, 5.41) is 8.35. The number of benzene rings is 1. The van der Waals surface area contributed by atoms with Crippen LogP contribution in [0.15, 0.2) is 35.7 Å². The van der Waals surface area contributed by atoms with E-state index >= 15 is 0 Å². The van der Waals surface area contributed by atoms with Crippen LogP contribution in [0.3, 0.4) is 0 Å². The summed E-state index contributed by atoms with van der Waals surface area (Å²) >= 11 is 1.81. The molecule has 0 radical (unpaired) electrons. The Bertz CT molecular complexity index is 467. The van der Waals surface area contributed by atoms with Gasteiger partial charge in [-0.25, -0.2) is 4.98 Å². The van der Waals surface area contributed by atoms with E-state index in [2.05, 4.69) is 39.4 Å². The van der Waals surface area contributed by atoms with E-state index < -0.39 is 0 Å². The van der Waals surface area contributed by atoms with Crippen LogP contribution < -0.4 is 0 Å². The number of hydrogen-bond acceptors (Lipinski definition) is 3. The first kappa shape index (κ1) is 9.90. The van der Waals surface area contributed by atoms with Gasteiger partial charge in [0.25, 0.3) is 0 Å². The van der Waals surface area contributed by atoms with Crippen LogP contribution in [0.4, 0.5) is 0 Å². The van der Waals surface area contributed by atoms with Gasteiger partial charge in [-0.2, -0.15) is 5.10 Å². The minimum Gasteiger partial charge on any atom is -0.254 e. The number of aromatic amines is 1. The normalized spacial score (nSPS) is 19.4. The van der Waals surface area contributed by atoms with Gasteiger partial charge in [-0.1, -0.05) is 36.0 Å². The van der Waals surface area contributed by atoms with Crippen LogP contribution in [0.25, 0.3) is 0 Å². The van der Waals surface area contributed by atoms with Crippen molar-refractivity contribution in [1.82, 2.24) is 15.2 Å². The van der Waals surface area contributed by atoms with Crippen LogP contribution in [0.5, 0.6) is 0 Å². The SMILES string of the molecule is c1ccc2c(c1)CC[C@@H](Sc1ncn[nH]1)C2. The molecule has 1 heterocycles. The summed E-state index contributed by atoms with van der Waals surface area (Å²) in [6.07, 6.45) is 5.12. The highest BCUT2D eigenvalue weighted by molar-refractivity contribution is 7.99. The molecule has 0 saturated carbocycles. The molecule has 4 heteroatoms. The number of rotatable bonds is 2. The molecule has 1 aliphatic rings. The predicted octanol–water partition coefficient (Wildman–Crippen LogP) is 2.45. The Balaban J connectivity index is 1.73. The molecule has 0 bridgehead atoms. The zero-order valence-corrected chi connectivity index (χ0v) is 9.70. The topological polar surface area (TPSA) is 41.6 Å². The summed E-state index contributed by atoms with van der Waals surface area (Å²) in [4.78, 5) is 4.16. The Hall–Kier alpha value is -1.29. The summed E-state index contributed by atoms with van der Waals surface area (Å²) in [7, 11) is 0. The highest BCUT2D eigenvalue weighted by Crippen LogP contribution is 2.31. The Morgan fingerprint density at radius 3 is 2.94 bits per heavy atom. The van der Waals surface area contributed by atoms with Gasteiger partial charge in [0.2, 0.25) is 0 Å². The van der Waals surface area contributed by atoms with Gasteiger partial charge in [0.1, 0.15) is 6.33 Å². The van der Waals surface area contributed by atoms with Gasteiger partial charge in [0, 0.05) is 5.25 Å². The number of aryl methyl sites for hydroxylation is 1. The quantitative estimate of drug-likeness (QED) is 0.863. The Kier molecular flexibility index (Phi) is 2.66. The summed E-state index contributed by atoms with van der Waals surface area (Å²) in [6, 6.07) is 8.73. The second-order valence-electron chi connectivity index (χ2n) is 4.04. The van der Waals surface area contributed by atoms with Crippen molar-refractivity contribution in [2.45, 2.75) is 29.7 Å². The third-order valence-corrected chi connectivity index (χ3v) is 4.13. The molecule has 0 aliphatic heterocycles. The van der Waals surface area contributed by atoms with E-state index in [1.165, 1.54) is 24.0 Å². The molecule has 1 aromatic heterocycles. The van der Waals surface area contributed by atoms with Crippen molar-refractivity contribution in [3.63, 3.8) is 0 Å². The lowest BCUT2D eigenvalue weighted by Gasteiger charge is -2.22. The van der Waals surface area contributed by atoms with Gasteiger partial charge in [0.05, 0.1) is 0 Å². The fourth-order valence-corrected chi connectivity index (χ4v) is 3.20. The molecular formula is C12H13N3S. The van der Waals surface area contributed by atoms with E-state index in [4.69, 9.17) is 0 Å². The number of hydrogen-bond donors (Lipinski definition) is 1. The van der Waals surface area contributed by atoms with Crippen molar-refractivity contribution < 1.29 is 0 Å². The number of nitrogens with one attached hydrogen (secondary N) is 1. The maximum atomic E-state index is 4.16.